The van der Waals surface area contributed by atoms with E-state index in [-0.39, 0.29) is 5.70 Å². The summed E-state index contributed by atoms with van der Waals surface area (Å²) in [6, 6.07) is 21.6. The second-order valence-corrected chi connectivity index (χ2v) is 7.65. The Hall–Kier alpha value is -4.59. The highest BCUT2D eigenvalue weighted by molar-refractivity contribution is 6.05. The first-order valence-electron chi connectivity index (χ1n) is 10.8. The van der Waals surface area contributed by atoms with Gasteiger partial charge in [-0.05, 0) is 48.0 Å². The van der Waals surface area contributed by atoms with Crippen molar-refractivity contribution in [1.29, 1.82) is 0 Å². The fourth-order valence-electron chi connectivity index (χ4n) is 3.21. The van der Waals surface area contributed by atoms with Crippen molar-refractivity contribution in [3.05, 3.63) is 95.2 Å². The lowest BCUT2D eigenvalue weighted by Gasteiger charge is -2.13. The van der Waals surface area contributed by atoms with Gasteiger partial charge in [-0.25, -0.2) is 5.43 Å². The molecule has 180 valence electrons. The van der Waals surface area contributed by atoms with Gasteiger partial charge in [-0.1, -0.05) is 36.4 Å². The maximum atomic E-state index is 13.0. The molecule has 0 saturated carbocycles. The molecule has 0 atom stereocenters. The summed E-state index contributed by atoms with van der Waals surface area (Å²) in [7, 11) is 6.95. The highest BCUT2D eigenvalue weighted by Gasteiger charge is 2.15. The van der Waals surface area contributed by atoms with Crippen LogP contribution in [0, 0.1) is 0 Å². The number of hydrogen-bond acceptors (Lipinski definition) is 6. The van der Waals surface area contributed by atoms with Gasteiger partial charge >= 0.3 is 0 Å². The van der Waals surface area contributed by atoms with Crippen LogP contribution in [0.15, 0.2) is 83.6 Å². The minimum Gasteiger partial charge on any atom is -0.493 e. The average Bonchev–Trinajstić information content (AvgIpc) is 2.88. The van der Waals surface area contributed by atoms with Gasteiger partial charge in [-0.3, -0.25) is 9.59 Å². The van der Waals surface area contributed by atoms with Crippen molar-refractivity contribution in [2.45, 2.75) is 0 Å². The number of ether oxygens (including phenoxy) is 2. The van der Waals surface area contributed by atoms with Gasteiger partial charge in [0.1, 0.15) is 5.70 Å². The van der Waals surface area contributed by atoms with Crippen molar-refractivity contribution in [1.82, 2.24) is 10.7 Å². The number of rotatable bonds is 9. The summed E-state index contributed by atoms with van der Waals surface area (Å²) in [4.78, 5) is 27.7. The molecule has 0 fully saturated rings. The number of nitrogens with one attached hydrogen (secondary N) is 2. The number of carbonyl (C=O) groups is 2. The monoisotopic (exact) mass is 472 g/mol. The minimum atomic E-state index is -0.580. The molecule has 3 aromatic rings. The van der Waals surface area contributed by atoms with Gasteiger partial charge in [-0.2, -0.15) is 5.10 Å². The number of hydrazone groups is 1. The van der Waals surface area contributed by atoms with E-state index in [2.05, 4.69) is 15.8 Å². The Morgan fingerprint density at radius 2 is 1.60 bits per heavy atom. The molecular weight excluding hydrogens is 444 g/mol. The second-order valence-electron chi connectivity index (χ2n) is 7.65. The van der Waals surface area contributed by atoms with Crippen LogP contribution in [-0.4, -0.2) is 46.3 Å². The van der Waals surface area contributed by atoms with Crippen LogP contribution in [0.25, 0.3) is 6.08 Å². The number of methoxy groups -OCH3 is 2. The molecule has 0 radical (unpaired) electrons. The molecular formula is C27H28N4O4. The van der Waals surface area contributed by atoms with Gasteiger partial charge in [0.25, 0.3) is 11.8 Å². The van der Waals surface area contributed by atoms with Gasteiger partial charge in [-0.15, -0.1) is 0 Å². The molecule has 0 spiro atoms. The minimum absolute atomic E-state index is 0.0474. The van der Waals surface area contributed by atoms with Gasteiger partial charge in [0, 0.05) is 30.9 Å². The van der Waals surface area contributed by atoms with Crippen LogP contribution in [-0.2, 0) is 4.79 Å². The van der Waals surface area contributed by atoms with Crippen LogP contribution in [0.3, 0.4) is 0 Å². The van der Waals surface area contributed by atoms with Gasteiger partial charge in [0.2, 0.25) is 0 Å². The van der Waals surface area contributed by atoms with E-state index in [4.69, 9.17) is 9.47 Å². The van der Waals surface area contributed by atoms with Gasteiger partial charge in [0.15, 0.2) is 11.5 Å². The molecule has 0 aliphatic carbocycles. The predicted molar refractivity (Wildman–Crippen MR) is 138 cm³/mol. The van der Waals surface area contributed by atoms with E-state index in [1.807, 2.05) is 49.3 Å². The zero-order chi connectivity index (χ0) is 25.2. The molecule has 3 aromatic carbocycles. The van der Waals surface area contributed by atoms with Crippen LogP contribution in [0.1, 0.15) is 21.5 Å². The molecule has 0 saturated heterocycles. The lowest BCUT2D eigenvalue weighted by Crippen LogP contribution is -2.32. The van der Waals surface area contributed by atoms with E-state index in [9.17, 15) is 9.59 Å². The van der Waals surface area contributed by atoms with E-state index in [1.54, 1.807) is 48.5 Å². The van der Waals surface area contributed by atoms with Crippen LogP contribution in [0.5, 0.6) is 11.5 Å². The molecule has 35 heavy (non-hydrogen) atoms. The average molecular weight is 473 g/mol. The van der Waals surface area contributed by atoms with Crippen molar-refractivity contribution in [3.63, 3.8) is 0 Å². The normalized spacial score (nSPS) is 11.1. The summed E-state index contributed by atoms with van der Waals surface area (Å²) in [6.45, 7) is 0. The summed E-state index contributed by atoms with van der Waals surface area (Å²) in [6.07, 6.45) is 3.04. The molecule has 3 rings (SSSR count). The van der Waals surface area contributed by atoms with Crippen LogP contribution >= 0.6 is 0 Å². The molecule has 8 heteroatoms. The van der Waals surface area contributed by atoms with Gasteiger partial charge in [0.05, 0.1) is 20.4 Å². The summed E-state index contributed by atoms with van der Waals surface area (Å²) >= 11 is 0. The molecule has 0 unspecified atom stereocenters. The Morgan fingerprint density at radius 1 is 0.886 bits per heavy atom. The van der Waals surface area contributed by atoms with E-state index in [0.717, 1.165) is 11.3 Å². The van der Waals surface area contributed by atoms with E-state index < -0.39 is 11.8 Å². The van der Waals surface area contributed by atoms with Crippen molar-refractivity contribution in [2.75, 3.05) is 33.2 Å². The molecule has 0 bridgehead atoms. The maximum absolute atomic E-state index is 13.0. The first-order valence-corrected chi connectivity index (χ1v) is 10.8. The third kappa shape index (κ3) is 6.70. The standard InChI is InChI=1S/C27H28N4O4/c1-31(2)22-15-13-19(14-16-22)17-23(29-26(32)20-9-6-5-7-10-20)27(33)30-28-18-21-11-8-12-24(34-3)25(21)35-4/h5-18H,1-4H3,(H,29,32)(H,30,33). The zero-order valence-electron chi connectivity index (χ0n) is 20.1. The summed E-state index contributed by atoms with van der Waals surface area (Å²) < 4.78 is 10.7. The quantitative estimate of drug-likeness (QED) is 0.282. The van der Waals surface area contributed by atoms with Crippen molar-refractivity contribution >= 4 is 29.8 Å². The highest BCUT2D eigenvalue weighted by atomic mass is 16.5. The fraction of sp³-hybridized carbons (Fsp3) is 0.148. The van der Waals surface area contributed by atoms with E-state index in [0.29, 0.717) is 22.6 Å². The summed E-state index contributed by atoms with van der Waals surface area (Å²) in [5, 5.41) is 6.74. The predicted octanol–water partition coefficient (Wildman–Crippen LogP) is 3.69. The number of hydrogen-bond donors (Lipinski definition) is 2. The number of amides is 2. The first-order chi connectivity index (χ1) is 16.9. The SMILES string of the molecule is COc1cccc(C=NNC(=O)C(=Cc2ccc(N(C)C)cc2)NC(=O)c2ccccc2)c1OC. The third-order valence-corrected chi connectivity index (χ3v) is 5.05. The number of benzene rings is 3. The molecule has 2 amide bonds. The first kappa shape index (κ1) is 25.0. The lowest BCUT2D eigenvalue weighted by atomic mass is 10.1. The Balaban J connectivity index is 1.84. The van der Waals surface area contributed by atoms with Crippen LogP contribution in [0.4, 0.5) is 5.69 Å². The lowest BCUT2D eigenvalue weighted by molar-refractivity contribution is -0.117. The van der Waals surface area contributed by atoms with Crippen LogP contribution < -0.4 is 25.1 Å². The smallest absolute Gasteiger partial charge is 0.287 e. The van der Waals surface area contributed by atoms with Gasteiger partial charge < -0.3 is 19.7 Å². The molecule has 0 aliphatic rings. The Morgan fingerprint density at radius 3 is 2.23 bits per heavy atom. The molecule has 0 heterocycles. The summed E-state index contributed by atoms with van der Waals surface area (Å²) in [5.41, 5.74) is 5.32. The summed E-state index contributed by atoms with van der Waals surface area (Å²) in [5.74, 6) is 0.0428. The van der Waals surface area contributed by atoms with Crippen molar-refractivity contribution in [2.24, 2.45) is 5.10 Å². The maximum Gasteiger partial charge on any atom is 0.287 e. The zero-order valence-corrected chi connectivity index (χ0v) is 20.1. The van der Waals surface area contributed by atoms with Crippen molar-refractivity contribution < 1.29 is 19.1 Å². The largest absolute Gasteiger partial charge is 0.493 e. The molecule has 2 N–H and O–H groups in total. The number of nitrogens with zero attached hydrogens (tertiary/aromatic N) is 2. The molecule has 8 nitrogen and oxygen atoms in total. The topological polar surface area (TPSA) is 92.3 Å². The molecule has 0 aliphatic heterocycles. The second kappa shape index (κ2) is 12.0. The van der Waals surface area contributed by atoms with E-state index in [1.165, 1.54) is 20.4 Å². The Labute approximate surface area is 204 Å². The van der Waals surface area contributed by atoms with E-state index >= 15 is 0 Å². The Bertz CT molecular complexity index is 1220. The third-order valence-electron chi connectivity index (χ3n) is 5.05. The molecule has 0 aromatic heterocycles. The fourth-order valence-corrected chi connectivity index (χ4v) is 3.21. The van der Waals surface area contributed by atoms with Crippen LogP contribution in [0.2, 0.25) is 0 Å². The number of carbonyl (C=O) groups excluding carboxylic acids is 2. The van der Waals surface area contributed by atoms with Crippen molar-refractivity contribution in [3.8, 4) is 11.5 Å². The number of anilines is 1. The number of para-hydroxylation sites is 1. The highest BCUT2D eigenvalue weighted by Crippen LogP contribution is 2.29. The Kier molecular flexibility index (Phi) is 8.61.